The topological polar surface area (TPSA) is 56.0 Å². The van der Waals surface area contributed by atoms with Crippen LogP contribution in [0.5, 0.6) is 0 Å². The molecular formula is C15H18FN3O2. The highest BCUT2D eigenvalue weighted by Gasteiger charge is 2.05. The van der Waals surface area contributed by atoms with E-state index in [0.29, 0.717) is 18.8 Å². The third kappa shape index (κ3) is 3.66. The molecule has 0 bridgehead atoms. The van der Waals surface area contributed by atoms with Crippen molar-refractivity contribution < 1.29 is 4.39 Å². The minimum Gasteiger partial charge on any atom is -0.311 e. The average Bonchev–Trinajstić information content (AvgIpc) is 2.48. The summed E-state index contributed by atoms with van der Waals surface area (Å²) in [5.74, 6) is -0.248. The molecule has 0 aliphatic rings. The fourth-order valence-corrected chi connectivity index (χ4v) is 2.05. The number of benzene rings is 1. The van der Waals surface area contributed by atoms with Crippen molar-refractivity contribution in [2.45, 2.75) is 13.0 Å². The molecule has 112 valence electrons. The predicted octanol–water partition coefficient (Wildman–Crippen LogP) is 0.555. The van der Waals surface area contributed by atoms with Crippen molar-refractivity contribution in [1.29, 1.82) is 0 Å². The van der Waals surface area contributed by atoms with Crippen molar-refractivity contribution >= 4 is 0 Å². The third-order valence-electron chi connectivity index (χ3n) is 3.44. The molecule has 0 aliphatic carbocycles. The number of aromatic nitrogens is 2. The molecule has 0 unspecified atom stereocenters. The van der Waals surface area contributed by atoms with Crippen molar-refractivity contribution in [2.24, 2.45) is 14.1 Å². The Balaban J connectivity index is 1.94. The van der Waals surface area contributed by atoms with E-state index in [0.717, 1.165) is 16.6 Å². The Bertz CT molecular complexity index is 732. The second kappa shape index (κ2) is 6.49. The van der Waals surface area contributed by atoms with E-state index < -0.39 is 0 Å². The summed E-state index contributed by atoms with van der Waals surface area (Å²) < 4.78 is 15.3. The molecule has 0 amide bonds. The average molecular weight is 291 g/mol. The molecule has 1 aromatic heterocycles. The van der Waals surface area contributed by atoms with Gasteiger partial charge in [-0.2, -0.15) is 0 Å². The summed E-state index contributed by atoms with van der Waals surface area (Å²) in [6, 6.07) is 7.79. The number of halogens is 1. The first kappa shape index (κ1) is 15.2. The lowest BCUT2D eigenvalue weighted by Gasteiger charge is -2.10. The summed E-state index contributed by atoms with van der Waals surface area (Å²) in [6.07, 6.45) is 0.749. The normalized spacial score (nSPS) is 10.8. The summed E-state index contributed by atoms with van der Waals surface area (Å²) in [5.41, 5.74) is 1.02. The molecule has 0 saturated carbocycles. The Morgan fingerprint density at radius 2 is 1.76 bits per heavy atom. The zero-order valence-electron chi connectivity index (χ0n) is 12.1. The Morgan fingerprint density at radius 3 is 2.43 bits per heavy atom. The van der Waals surface area contributed by atoms with Gasteiger partial charge in [0.15, 0.2) is 0 Å². The molecule has 2 aromatic rings. The van der Waals surface area contributed by atoms with Crippen molar-refractivity contribution in [3.63, 3.8) is 0 Å². The number of nitrogens with zero attached hydrogens (tertiary/aromatic N) is 2. The maximum absolute atomic E-state index is 12.8. The number of nitrogens with one attached hydrogen (secondary N) is 1. The monoisotopic (exact) mass is 291 g/mol. The zero-order valence-corrected chi connectivity index (χ0v) is 12.1. The maximum Gasteiger partial charge on any atom is 0.330 e. The van der Waals surface area contributed by atoms with E-state index in [1.807, 2.05) is 0 Å². The molecule has 1 N–H and O–H groups in total. The van der Waals surface area contributed by atoms with E-state index in [1.165, 1.54) is 29.8 Å². The van der Waals surface area contributed by atoms with Crippen LogP contribution in [-0.4, -0.2) is 15.7 Å². The first-order chi connectivity index (χ1) is 9.99. The van der Waals surface area contributed by atoms with Crippen LogP contribution in [-0.2, 0) is 27.1 Å². The van der Waals surface area contributed by atoms with Gasteiger partial charge in [0.25, 0.3) is 5.56 Å². The highest BCUT2D eigenvalue weighted by molar-refractivity contribution is 5.16. The van der Waals surface area contributed by atoms with Gasteiger partial charge in [0, 0.05) is 32.4 Å². The molecule has 0 fully saturated rings. The lowest BCUT2D eigenvalue weighted by molar-refractivity contribution is 0.600. The molecule has 0 spiro atoms. The highest BCUT2D eigenvalue weighted by atomic mass is 19.1. The second-order valence-corrected chi connectivity index (χ2v) is 4.93. The molecule has 0 aliphatic heterocycles. The maximum atomic E-state index is 12.8. The van der Waals surface area contributed by atoms with Gasteiger partial charge in [0.05, 0.1) is 0 Å². The van der Waals surface area contributed by atoms with Gasteiger partial charge in [0.1, 0.15) is 5.82 Å². The van der Waals surface area contributed by atoms with Gasteiger partial charge in [-0.15, -0.1) is 0 Å². The Kier molecular flexibility index (Phi) is 4.70. The number of rotatable bonds is 5. The predicted molar refractivity (Wildman–Crippen MR) is 78.7 cm³/mol. The van der Waals surface area contributed by atoms with E-state index in [9.17, 15) is 14.0 Å². The van der Waals surface area contributed by atoms with E-state index in [-0.39, 0.29) is 17.1 Å². The van der Waals surface area contributed by atoms with Gasteiger partial charge in [-0.3, -0.25) is 13.9 Å². The van der Waals surface area contributed by atoms with Gasteiger partial charge in [-0.1, -0.05) is 12.1 Å². The largest absolute Gasteiger partial charge is 0.330 e. The molecule has 1 heterocycles. The first-order valence-corrected chi connectivity index (χ1v) is 6.70. The summed E-state index contributed by atoms with van der Waals surface area (Å²) in [7, 11) is 3.09. The van der Waals surface area contributed by atoms with Gasteiger partial charge >= 0.3 is 5.69 Å². The van der Waals surface area contributed by atoms with Crippen LogP contribution >= 0.6 is 0 Å². The van der Waals surface area contributed by atoms with Crippen molar-refractivity contribution in [3.05, 3.63) is 68.2 Å². The lowest BCUT2D eigenvalue weighted by atomic mass is 10.1. The molecule has 1 aromatic carbocycles. The van der Waals surface area contributed by atoms with Crippen LogP contribution in [0.2, 0.25) is 0 Å². The second-order valence-electron chi connectivity index (χ2n) is 4.93. The minimum absolute atomic E-state index is 0.248. The minimum atomic E-state index is -0.335. The fourth-order valence-electron chi connectivity index (χ4n) is 2.05. The van der Waals surface area contributed by atoms with Gasteiger partial charge < -0.3 is 5.32 Å². The summed E-state index contributed by atoms with van der Waals surface area (Å²) in [4.78, 5) is 23.3. The molecule has 0 saturated heterocycles. The lowest BCUT2D eigenvalue weighted by Crippen LogP contribution is -2.39. The van der Waals surface area contributed by atoms with Crippen LogP contribution in [0.25, 0.3) is 0 Å². The smallest absolute Gasteiger partial charge is 0.311 e. The third-order valence-corrected chi connectivity index (χ3v) is 3.44. The van der Waals surface area contributed by atoms with Crippen LogP contribution in [0.3, 0.4) is 0 Å². The standard InChI is InChI=1S/C15H18FN3O2/c1-18-13(9-14(20)19(2)15(18)21)10-17-8-7-11-3-5-12(16)6-4-11/h3-6,9,17H,7-8,10H2,1-2H3. The van der Waals surface area contributed by atoms with Crippen LogP contribution in [0.1, 0.15) is 11.3 Å². The molecule has 6 heteroatoms. The van der Waals surface area contributed by atoms with Gasteiger partial charge in [-0.25, -0.2) is 9.18 Å². The van der Waals surface area contributed by atoms with Gasteiger partial charge in [-0.05, 0) is 30.7 Å². The Morgan fingerprint density at radius 1 is 1.10 bits per heavy atom. The number of hydrogen-bond acceptors (Lipinski definition) is 3. The van der Waals surface area contributed by atoms with Crippen LogP contribution in [0, 0.1) is 5.82 Å². The van der Waals surface area contributed by atoms with E-state index >= 15 is 0 Å². The van der Waals surface area contributed by atoms with E-state index in [1.54, 1.807) is 19.2 Å². The molecule has 0 radical (unpaired) electrons. The molecule has 2 rings (SSSR count). The Labute approximate surface area is 121 Å². The molecular weight excluding hydrogens is 273 g/mol. The summed E-state index contributed by atoms with van der Waals surface area (Å²) in [6.45, 7) is 1.11. The molecule has 0 atom stereocenters. The van der Waals surface area contributed by atoms with E-state index in [2.05, 4.69) is 5.32 Å². The molecule has 5 nitrogen and oxygen atoms in total. The quantitative estimate of drug-likeness (QED) is 0.819. The summed E-state index contributed by atoms with van der Waals surface area (Å²) >= 11 is 0. The Hall–Kier alpha value is -2.21. The van der Waals surface area contributed by atoms with Crippen molar-refractivity contribution in [2.75, 3.05) is 6.54 Å². The fraction of sp³-hybridized carbons (Fsp3) is 0.333. The zero-order chi connectivity index (χ0) is 15.4. The van der Waals surface area contributed by atoms with Gasteiger partial charge in [0.2, 0.25) is 0 Å². The van der Waals surface area contributed by atoms with E-state index in [4.69, 9.17) is 0 Å². The van der Waals surface area contributed by atoms with Crippen LogP contribution < -0.4 is 16.6 Å². The first-order valence-electron chi connectivity index (χ1n) is 6.70. The molecule has 21 heavy (non-hydrogen) atoms. The van der Waals surface area contributed by atoms with Crippen molar-refractivity contribution in [3.8, 4) is 0 Å². The summed E-state index contributed by atoms with van der Waals surface area (Å²) in [5, 5.41) is 3.18. The van der Waals surface area contributed by atoms with Crippen LogP contribution in [0.15, 0.2) is 39.9 Å². The van der Waals surface area contributed by atoms with Crippen LogP contribution in [0.4, 0.5) is 4.39 Å². The SMILES string of the molecule is Cn1c(CNCCc2ccc(F)cc2)cc(=O)n(C)c1=O. The number of hydrogen-bond donors (Lipinski definition) is 1. The van der Waals surface area contributed by atoms with Crippen molar-refractivity contribution in [1.82, 2.24) is 14.5 Å². The highest BCUT2D eigenvalue weighted by Crippen LogP contribution is 2.02.